The van der Waals surface area contributed by atoms with E-state index in [4.69, 9.17) is 9.84 Å². The summed E-state index contributed by atoms with van der Waals surface area (Å²) in [6.45, 7) is 3.30. The van der Waals surface area contributed by atoms with Crippen LogP contribution in [0.1, 0.15) is 24.1 Å². The molecule has 1 aromatic heterocycles. The molecule has 0 fully saturated rings. The predicted octanol–water partition coefficient (Wildman–Crippen LogP) is 2.07. The van der Waals surface area contributed by atoms with Gasteiger partial charge in [-0.2, -0.15) is 0 Å². The molecule has 0 bridgehead atoms. The Balaban J connectivity index is 1.72. The van der Waals surface area contributed by atoms with E-state index in [1.807, 2.05) is 31.2 Å². The Bertz CT molecular complexity index is 595. The van der Waals surface area contributed by atoms with Crippen molar-refractivity contribution in [2.75, 3.05) is 6.61 Å². The standard InChI is InChI=1S/C15H19N3O3/c1-12-6-2-3-7-14(12)21-9-5-4-8-18-13(10-15(19)20)11-16-17-18/h2-3,6-7,11H,4-5,8-10H2,1H3,(H,19,20). The van der Waals surface area contributed by atoms with Gasteiger partial charge >= 0.3 is 5.97 Å². The van der Waals surface area contributed by atoms with E-state index in [2.05, 4.69) is 10.3 Å². The number of unbranched alkanes of at least 4 members (excludes halogenated alkanes) is 1. The van der Waals surface area contributed by atoms with Gasteiger partial charge in [-0.05, 0) is 31.4 Å². The molecule has 2 aromatic rings. The van der Waals surface area contributed by atoms with Crippen LogP contribution in [0.25, 0.3) is 0 Å². The summed E-state index contributed by atoms with van der Waals surface area (Å²) in [7, 11) is 0. The molecular formula is C15H19N3O3. The van der Waals surface area contributed by atoms with E-state index in [0.717, 1.165) is 24.2 Å². The number of aromatic nitrogens is 3. The van der Waals surface area contributed by atoms with Gasteiger partial charge in [0.1, 0.15) is 5.75 Å². The van der Waals surface area contributed by atoms with Crippen LogP contribution < -0.4 is 4.74 Å². The van der Waals surface area contributed by atoms with Crippen LogP contribution in [0, 0.1) is 6.92 Å². The van der Waals surface area contributed by atoms with E-state index in [-0.39, 0.29) is 6.42 Å². The van der Waals surface area contributed by atoms with E-state index in [9.17, 15) is 4.79 Å². The number of aliphatic carboxylic acids is 1. The zero-order chi connectivity index (χ0) is 15.1. The number of carbonyl (C=O) groups is 1. The number of carboxylic acids is 1. The fraction of sp³-hybridized carbons (Fsp3) is 0.400. The molecule has 6 heteroatoms. The number of para-hydroxylation sites is 1. The van der Waals surface area contributed by atoms with E-state index >= 15 is 0 Å². The number of ether oxygens (including phenoxy) is 1. The first-order chi connectivity index (χ1) is 10.2. The largest absolute Gasteiger partial charge is 0.493 e. The van der Waals surface area contributed by atoms with Crippen molar-refractivity contribution < 1.29 is 14.6 Å². The fourth-order valence-corrected chi connectivity index (χ4v) is 2.02. The SMILES string of the molecule is Cc1ccccc1OCCCCn1nncc1CC(=O)O. The molecule has 1 heterocycles. The Kier molecular flexibility index (Phi) is 5.31. The number of benzene rings is 1. The first kappa shape index (κ1) is 15.0. The number of hydrogen-bond donors (Lipinski definition) is 1. The van der Waals surface area contributed by atoms with E-state index < -0.39 is 5.97 Å². The average Bonchev–Trinajstić information content (AvgIpc) is 2.87. The molecule has 6 nitrogen and oxygen atoms in total. The van der Waals surface area contributed by atoms with Crippen molar-refractivity contribution in [3.05, 3.63) is 41.7 Å². The predicted molar refractivity (Wildman–Crippen MR) is 77.3 cm³/mol. The number of carboxylic acid groups (broad SMARTS) is 1. The highest BCUT2D eigenvalue weighted by Gasteiger charge is 2.07. The Labute approximate surface area is 123 Å². The molecule has 2 rings (SSSR count). The highest BCUT2D eigenvalue weighted by Crippen LogP contribution is 2.16. The number of hydrogen-bond acceptors (Lipinski definition) is 4. The Morgan fingerprint density at radius 3 is 2.90 bits per heavy atom. The van der Waals surface area contributed by atoms with Crippen molar-refractivity contribution in [1.82, 2.24) is 15.0 Å². The molecule has 0 unspecified atom stereocenters. The van der Waals surface area contributed by atoms with Gasteiger partial charge in [-0.3, -0.25) is 4.79 Å². The zero-order valence-corrected chi connectivity index (χ0v) is 12.0. The van der Waals surface area contributed by atoms with Crippen molar-refractivity contribution in [1.29, 1.82) is 0 Å². The summed E-state index contributed by atoms with van der Waals surface area (Å²) in [5.74, 6) is 0.0336. The van der Waals surface area contributed by atoms with Crippen LogP contribution in [-0.4, -0.2) is 32.7 Å². The molecule has 0 saturated heterocycles. The molecule has 0 aliphatic heterocycles. The highest BCUT2D eigenvalue weighted by molar-refractivity contribution is 5.69. The van der Waals surface area contributed by atoms with Gasteiger partial charge in [-0.15, -0.1) is 5.10 Å². The van der Waals surface area contributed by atoms with Crippen LogP contribution >= 0.6 is 0 Å². The quantitative estimate of drug-likeness (QED) is 0.753. The van der Waals surface area contributed by atoms with Gasteiger partial charge in [-0.1, -0.05) is 23.4 Å². The lowest BCUT2D eigenvalue weighted by Crippen LogP contribution is -2.10. The van der Waals surface area contributed by atoms with Gasteiger partial charge in [0.05, 0.1) is 24.9 Å². The van der Waals surface area contributed by atoms with Crippen molar-refractivity contribution in [3.63, 3.8) is 0 Å². The molecule has 0 saturated carbocycles. The van der Waals surface area contributed by atoms with Crippen molar-refractivity contribution in [2.24, 2.45) is 0 Å². The average molecular weight is 289 g/mol. The Morgan fingerprint density at radius 1 is 1.33 bits per heavy atom. The van der Waals surface area contributed by atoms with Gasteiger partial charge in [0.2, 0.25) is 0 Å². The summed E-state index contributed by atoms with van der Waals surface area (Å²) in [5, 5.41) is 16.4. The molecule has 0 aliphatic rings. The molecule has 0 aliphatic carbocycles. The minimum atomic E-state index is -0.874. The lowest BCUT2D eigenvalue weighted by molar-refractivity contribution is -0.136. The third-order valence-electron chi connectivity index (χ3n) is 3.15. The first-order valence-electron chi connectivity index (χ1n) is 6.94. The van der Waals surface area contributed by atoms with E-state index in [0.29, 0.717) is 18.8 Å². The van der Waals surface area contributed by atoms with Crippen LogP contribution in [0.15, 0.2) is 30.5 Å². The number of aryl methyl sites for hydroxylation is 2. The minimum absolute atomic E-state index is 0.0489. The minimum Gasteiger partial charge on any atom is -0.493 e. The monoisotopic (exact) mass is 289 g/mol. The fourth-order valence-electron chi connectivity index (χ4n) is 2.02. The molecule has 0 spiro atoms. The van der Waals surface area contributed by atoms with Crippen molar-refractivity contribution >= 4 is 5.97 Å². The van der Waals surface area contributed by atoms with Crippen LogP contribution in [0.3, 0.4) is 0 Å². The maximum atomic E-state index is 10.7. The normalized spacial score (nSPS) is 10.5. The van der Waals surface area contributed by atoms with E-state index in [1.165, 1.54) is 6.20 Å². The lowest BCUT2D eigenvalue weighted by atomic mass is 10.2. The van der Waals surface area contributed by atoms with Gasteiger partial charge in [0, 0.05) is 6.54 Å². The third kappa shape index (κ3) is 4.59. The second-order valence-electron chi connectivity index (χ2n) is 4.84. The van der Waals surface area contributed by atoms with Gasteiger partial charge in [0.25, 0.3) is 0 Å². The second-order valence-corrected chi connectivity index (χ2v) is 4.84. The summed E-state index contributed by atoms with van der Waals surface area (Å²) in [6, 6.07) is 7.91. The van der Waals surface area contributed by atoms with Gasteiger partial charge in [-0.25, -0.2) is 4.68 Å². The summed E-state index contributed by atoms with van der Waals surface area (Å²) in [4.78, 5) is 10.7. The molecule has 1 aromatic carbocycles. The van der Waals surface area contributed by atoms with Crippen LogP contribution in [-0.2, 0) is 17.8 Å². The molecule has 1 N–H and O–H groups in total. The third-order valence-corrected chi connectivity index (χ3v) is 3.15. The Hall–Kier alpha value is -2.37. The maximum absolute atomic E-state index is 10.7. The summed E-state index contributed by atoms with van der Waals surface area (Å²) in [5.41, 5.74) is 1.75. The van der Waals surface area contributed by atoms with E-state index in [1.54, 1.807) is 4.68 Å². The number of nitrogens with zero attached hydrogens (tertiary/aromatic N) is 3. The van der Waals surface area contributed by atoms with Crippen LogP contribution in [0.4, 0.5) is 0 Å². The van der Waals surface area contributed by atoms with Gasteiger partial charge in [0.15, 0.2) is 0 Å². The second kappa shape index (κ2) is 7.42. The highest BCUT2D eigenvalue weighted by atomic mass is 16.5. The summed E-state index contributed by atoms with van der Waals surface area (Å²) < 4.78 is 7.35. The molecule has 0 amide bonds. The molecule has 0 radical (unpaired) electrons. The topological polar surface area (TPSA) is 77.2 Å². The molecule has 21 heavy (non-hydrogen) atoms. The van der Waals surface area contributed by atoms with Crippen molar-refractivity contribution in [3.8, 4) is 5.75 Å². The Morgan fingerprint density at radius 2 is 2.14 bits per heavy atom. The lowest BCUT2D eigenvalue weighted by Gasteiger charge is -2.09. The molecule has 0 atom stereocenters. The van der Waals surface area contributed by atoms with Crippen LogP contribution in [0.5, 0.6) is 5.75 Å². The van der Waals surface area contributed by atoms with Crippen LogP contribution in [0.2, 0.25) is 0 Å². The van der Waals surface area contributed by atoms with Crippen molar-refractivity contribution in [2.45, 2.75) is 32.7 Å². The molecule has 112 valence electrons. The zero-order valence-electron chi connectivity index (χ0n) is 12.0. The van der Waals surface area contributed by atoms with Gasteiger partial charge < -0.3 is 9.84 Å². The molecular weight excluding hydrogens is 270 g/mol. The summed E-state index contributed by atoms with van der Waals surface area (Å²) in [6.07, 6.45) is 3.19. The summed E-state index contributed by atoms with van der Waals surface area (Å²) >= 11 is 0. The number of rotatable bonds is 8. The first-order valence-corrected chi connectivity index (χ1v) is 6.94. The smallest absolute Gasteiger partial charge is 0.309 e. The maximum Gasteiger partial charge on any atom is 0.309 e.